The lowest BCUT2D eigenvalue weighted by Crippen LogP contribution is -2.51. The van der Waals surface area contributed by atoms with E-state index in [2.05, 4.69) is 24.0 Å². The number of fused-ring (bicyclic) bond motifs is 1. The van der Waals surface area contributed by atoms with E-state index < -0.39 is 23.4 Å². The summed E-state index contributed by atoms with van der Waals surface area (Å²) in [5.74, 6) is -1.07. The number of alkyl halides is 3. The molecule has 1 fully saturated rings. The standard InChI is InChI=1S/C40H45F5N4OS/c1-4-28-23-34(18-15-31-7-6-8-35(41)37(31)42)49(39-38(28)51-26(3)46-39)25-36(50)48(33-19-21-47(5-2)22-20-33)24-27-9-11-29(12-10-27)30-13-16-32(17-14-30)40(43,44)45/h4,6-9,11-13,16-17,23,27,30,33H,5,10,14-15,18-22,24-25H2,1-3H3/b28-4-. The molecule has 0 N–H and O–H groups in total. The van der Waals surface area contributed by atoms with Crippen LogP contribution in [-0.4, -0.2) is 65.6 Å². The Morgan fingerprint density at radius 2 is 1.86 bits per heavy atom. The second-order valence-electron chi connectivity index (χ2n) is 13.7. The summed E-state index contributed by atoms with van der Waals surface area (Å²) in [5.41, 5.74) is 2.50. The van der Waals surface area contributed by atoms with Gasteiger partial charge in [0.2, 0.25) is 5.91 Å². The SMILES string of the molecule is C/C=C1/C=C(CCc2cccc(F)c2F)N(CC(=O)N(CC2C=CC(C3C=CC(C(F)(F)F)=CC3)=CC2)C2CCN(CC)CC2)c2nc(C)sc21. The summed E-state index contributed by atoms with van der Waals surface area (Å²) in [4.78, 5) is 26.8. The highest BCUT2D eigenvalue weighted by Gasteiger charge is 2.35. The number of amides is 1. The molecule has 1 aromatic carbocycles. The van der Waals surface area contributed by atoms with Crippen molar-refractivity contribution in [3.05, 3.63) is 111 Å². The predicted molar refractivity (Wildman–Crippen MR) is 194 cm³/mol. The summed E-state index contributed by atoms with van der Waals surface area (Å²) in [5, 5.41) is 0.874. The van der Waals surface area contributed by atoms with E-state index in [0.717, 1.165) is 65.3 Å². The van der Waals surface area contributed by atoms with Gasteiger partial charge in [-0.15, -0.1) is 11.3 Å². The summed E-state index contributed by atoms with van der Waals surface area (Å²) in [7, 11) is 0. The molecule has 0 bridgehead atoms. The van der Waals surface area contributed by atoms with Crippen molar-refractivity contribution in [3.8, 4) is 0 Å². The molecule has 5 nitrogen and oxygen atoms in total. The van der Waals surface area contributed by atoms with Crippen molar-refractivity contribution < 1.29 is 26.7 Å². The monoisotopic (exact) mass is 724 g/mol. The average molecular weight is 725 g/mol. The van der Waals surface area contributed by atoms with Crippen molar-refractivity contribution in [2.75, 3.05) is 37.6 Å². The van der Waals surface area contributed by atoms with E-state index in [1.807, 2.05) is 41.9 Å². The number of hydrogen-bond acceptors (Lipinski definition) is 5. The molecule has 6 rings (SSSR count). The van der Waals surface area contributed by atoms with Crippen molar-refractivity contribution in [2.24, 2.45) is 11.8 Å². The highest BCUT2D eigenvalue weighted by molar-refractivity contribution is 7.13. The molecule has 1 saturated heterocycles. The summed E-state index contributed by atoms with van der Waals surface area (Å²) >= 11 is 1.57. The molecule has 1 aromatic heterocycles. The molecule has 1 amide bonds. The minimum atomic E-state index is -4.34. The largest absolute Gasteiger partial charge is 0.416 e. The Morgan fingerprint density at radius 1 is 1.08 bits per heavy atom. The maximum atomic E-state index is 14.7. The third-order valence-electron chi connectivity index (χ3n) is 10.5. The number of aryl methyl sites for hydroxylation is 2. The maximum Gasteiger partial charge on any atom is 0.416 e. The second-order valence-corrected chi connectivity index (χ2v) is 14.9. The van der Waals surface area contributed by atoms with Gasteiger partial charge in [-0.25, -0.2) is 13.8 Å². The van der Waals surface area contributed by atoms with Gasteiger partial charge >= 0.3 is 6.18 Å². The van der Waals surface area contributed by atoms with Gasteiger partial charge < -0.3 is 14.7 Å². The molecular weight excluding hydrogens is 680 g/mol. The van der Waals surface area contributed by atoms with Crippen LogP contribution in [0.1, 0.15) is 61.4 Å². The van der Waals surface area contributed by atoms with Gasteiger partial charge in [-0.3, -0.25) is 4.79 Å². The third-order valence-corrected chi connectivity index (χ3v) is 11.5. The number of anilines is 1. The lowest BCUT2D eigenvalue weighted by atomic mass is 9.84. The molecule has 2 aliphatic carbocycles. The molecule has 2 aliphatic heterocycles. The van der Waals surface area contributed by atoms with Crippen molar-refractivity contribution >= 4 is 28.6 Å². The Bertz CT molecular complexity index is 1790. The van der Waals surface area contributed by atoms with Gasteiger partial charge in [0.05, 0.1) is 15.5 Å². The number of halogens is 5. The molecule has 51 heavy (non-hydrogen) atoms. The number of nitrogens with zero attached hydrogens (tertiary/aromatic N) is 4. The van der Waals surface area contributed by atoms with Gasteiger partial charge in [-0.2, -0.15) is 13.2 Å². The van der Waals surface area contributed by atoms with Crippen LogP contribution in [0.4, 0.5) is 27.8 Å². The molecule has 2 aromatic rings. The van der Waals surface area contributed by atoms with Crippen LogP contribution < -0.4 is 4.90 Å². The van der Waals surface area contributed by atoms with Crippen LogP contribution in [0.25, 0.3) is 5.57 Å². The topological polar surface area (TPSA) is 39.7 Å². The maximum absolute atomic E-state index is 14.7. The average Bonchev–Trinajstić information content (AvgIpc) is 3.53. The van der Waals surface area contributed by atoms with Crippen molar-refractivity contribution in [3.63, 3.8) is 0 Å². The molecule has 0 radical (unpaired) electrons. The number of aromatic nitrogens is 1. The number of carbonyl (C=O) groups excluding carboxylic acids is 1. The van der Waals surface area contributed by atoms with E-state index in [-0.39, 0.29) is 42.3 Å². The van der Waals surface area contributed by atoms with Crippen molar-refractivity contribution in [1.29, 1.82) is 0 Å². The molecule has 0 saturated carbocycles. The lowest BCUT2D eigenvalue weighted by Gasteiger charge is -2.41. The van der Waals surface area contributed by atoms with Gasteiger partial charge in [0.15, 0.2) is 17.5 Å². The Kier molecular flexibility index (Phi) is 11.5. The van der Waals surface area contributed by atoms with E-state index >= 15 is 0 Å². The first-order chi connectivity index (χ1) is 24.4. The first-order valence-electron chi connectivity index (χ1n) is 17.9. The van der Waals surface area contributed by atoms with E-state index in [0.29, 0.717) is 31.6 Å². The first-order valence-corrected chi connectivity index (χ1v) is 18.7. The molecule has 2 atom stereocenters. The number of benzene rings is 1. The smallest absolute Gasteiger partial charge is 0.337 e. The lowest BCUT2D eigenvalue weighted by molar-refractivity contribution is -0.133. The molecule has 2 unspecified atom stereocenters. The molecule has 0 spiro atoms. The Labute approximate surface area is 301 Å². The molecule has 3 heterocycles. The highest BCUT2D eigenvalue weighted by Crippen LogP contribution is 2.41. The van der Waals surface area contributed by atoms with E-state index in [9.17, 15) is 26.7 Å². The van der Waals surface area contributed by atoms with E-state index in [1.165, 1.54) is 18.2 Å². The number of carbonyl (C=O) groups is 1. The number of likely N-dealkylation sites (tertiary alicyclic amines) is 1. The fraction of sp³-hybridized carbons (Fsp3) is 0.450. The summed E-state index contributed by atoms with van der Waals surface area (Å²) < 4.78 is 68.1. The van der Waals surface area contributed by atoms with Gasteiger partial charge in [0.25, 0.3) is 0 Å². The minimum Gasteiger partial charge on any atom is -0.337 e. The van der Waals surface area contributed by atoms with E-state index in [4.69, 9.17) is 4.98 Å². The summed E-state index contributed by atoms with van der Waals surface area (Å²) in [6.45, 7) is 9.41. The van der Waals surface area contributed by atoms with Crippen molar-refractivity contribution in [2.45, 2.75) is 71.5 Å². The zero-order valence-corrected chi connectivity index (χ0v) is 30.2. The van der Waals surface area contributed by atoms with Crippen LogP contribution in [0, 0.1) is 30.4 Å². The number of rotatable bonds is 10. The first kappa shape index (κ1) is 36.9. The molecule has 4 aliphatic rings. The molecule has 11 heteroatoms. The van der Waals surface area contributed by atoms with Crippen molar-refractivity contribution in [1.82, 2.24) is 14.8 Å². The van der Waals surface area contributed by atoms with Crippen LogP contribution >= 0.6 is 11.3 Å². The fourth-order valence-electron chi connectivity index (χ4n) is 7.50. The summed E-state index contributed by atoms with van der Waals surface area (Å²) in [6, 6.07) is 4.28. The summed E-state index contributed by atoms with van der Waals surface area (Å²) in [6.07, 6.45) is 13.4. The second kappa shape index (κ2) is 15.8. The zero-order chi connectivity index (χ0) is 36.3. The van der Waals surface area contributed by atoms with Gasteiger partial charge in [0.1, 0.15) is 6.54 Å². The molecular formula is C40H45F5N4OS. The Morgan fingerprint density at radius 3 is 2.51 bits per heavy atom. The fourth-order valence-corrected chi connectivity index (χ4v) is 8.47. The van der Waals surface area contributed by atoms with Crippen LogP contribution in [0.3, 0.4) is 0 Å². The van der Waals surface area contributed by atoms with Gasteiger partial charge in [0, 0.05) is 37.3 Å². The third kappa shape index (κ3) is 8.46. The number of thiazole rings is 1. The Balaban J connectivity index is 1.21. The number of piperidine rings is 1. The number of allylic oxidation sites excluding steroid dienone is 11. The highest BCUT2D eigenvalue weighted by atomic mass is 32.1. The van der Waals surface area contributed by atoms with Gasteiger partial charge in [-0.1, -0.05) is 61.6 Å². The quantitative estimate of drug-likeness (QED) is 0.229. The Hall–Kier alpha value is -3.83. The minimum absolute atomic E-state index is 0.0171. The van der Waals surface area contributed by atoms with Crippen LogP contribution in [-0.2, 0) is 11.2 Å². The van der Waals surface area contributed by atoms with Crippen LogP contribution in [0.5, 0.6) is 0 Å². The zero-order valence-electron chi connectivity index (χ0n) is 29.4. The van der Waals surface area contributed by atoms with Gasteiger partial charge in [-0.05, 0) is 93.7 Å². The van der Waals surface area contributed by atoms with Crippen LogP contribution in [0.2, 0.25) is 0 Å². The van der Waals surface area contributed by atoms with Crippen LogP contribution in [0.15, 0.2) is 83.7 Å². The number of hydrogen-bond donors (Lipinski definition) is 0. The predicted octanol–water partition coefficient (Wildman–Crippen LogP) is 9.35. The van der Waals surface area contributed by atoms with E-state index in [1.54, 1.807) is 23.5 Å². The molecule has 272 valence electrons. The normalized spacial score (nSPS) is 22.2.